The molecule has 0 aliphatic rings. The maximum absolute atomic E-state index is 12.6. The van der Waals surface area contributed by atoms with Crippen LogP contribution in [-0.4, -0.2) is 39.1 Å². The molecule has 0 unspecified atom stereocenters. The van der Waals surface area contributed by atoms with Gasteiger partial charge in [0.15, 0.2) is 0 Å². The molecular weight excluding hydrogens is 380 g/mol. The van der Waals surface area contributed by atoms with Crippen molar-refractivity contribution in [2.45, 2.75) is 39.2 Å². The van der Waals surface area contributed by atoms with Gasteiger partial charge in [-0.05, 0) is 35.1 Å². The topological polar surface area (TPSA) is 66.5 Å². The quantitative estimate of drug-likeness (QED) is 0.763. The first kappa shape index (κ1) is 21.6. The monoisotopic (exact) mass is 408 g/mol. The van der Waals surface area contributed by atoms with Crippen molar-refractivity contribution in [2.24, 2.45) is 0 Å². The summed E-state index contributed by atoms with van der Waals surface area (Å²) in [5.41, 5.74) is 2.47. The Bertz CT molecular complexity index is 879. The Morgan fingerprint density at radius 2 is 1.74 bits per heavy atom. The van der Waals surface area contributed by atoms with Crippen LogP contribution in [0.4, 0.5) is 0 Å². The lowest BCUT2D eigenvalue weighted by Crippen LogP contribution is -2.25. The van der Waals surface area contributed by atoms with Crippen molar-refractivity contribution >= 4 is 27.3 Å². The van der Waals surface area contributed by atoms with Gasteiger partial charge in [0.25, 0.3) is 5.91 Å². The minimum Gasteiger partial charge on any atom is -0.337 e. The van der Waals surface area contributed by atoms with Crippen molar-refractivity contribution in [1.29, 1.82) is 0 Å². The lowest BCUT2D eigenvalue weighted by molar-refractivity contribution is 0.0790. The molecule has 148 valence electrons. The summed E-state index contributed by atoms with van der Waals surface area (Å²) in [6.45, 7) is 7.42. The van der Waals surface area contributed by atoms with Crippen LogP contribution in [-0.2, 0) is 28.4 Å². The van der Waals surface area contributed by atoms with Gasteiger partial charge < -0.3 is 4.90 Å². The summed E-state index contributed by atoms with van der Waals surface area (Å²) in [4.78, 5) is 16.0. The lowest BCUT2D eigenvalue weighted by atomic mass is 9.87. The molecule has 0 atom stereocenters. The first-order chi connectivity index (χ1) is 12.5. The summed E-state index contributed by atoms with van der Waals surface area (Å²) >= 11 is 1.41. The van der Waals surface area contributed by atoms with Gasteiger partial charge in [0, 0.05) is 25.0 Å². The third-order valence-electron chi connectivity index (χ3n) is 4.19. The first-order valence-electron chi connectivity index (χ1n) is 8.84. The number of amides is 1. The zero-order valence-corrected chi connectivity index (χ0v) is 18.2. The number of hydrogen-bond donors (Lipinski definition) is 1. The van der Waals surface area contributed by atoms with Gasteiger partial charge in [-0.25, -0.2) is 13.1 Å². The summed E-state index contributed by atoms with van der Waals surface area (Å²) in [5.74, 6) is -0.0257. The number of rotatable bonds is 7. The molecule has 1 aromatic carbocycles. The van der Waals surface area contributed by atoms with Gasteiger partial charge in [-0.3, -0.25) is 4.79 Å². The largest absolute Gasteiger partial charge is 0.337 e. The van der Waals surface area contributed by atoms with Crippen LogP contribution in [0.1, 0.15) is 46.4 Å². The molecule has 0 radical (unpaired) electrons. The number of nitrogens with one attached hydrogen (secondary N) is 1. The van der Waals surface area contributed by atoms with E-state index >= 15 is 0 Å². The van der Waals surface area contributed by atoms with E-state index in [-0.39, 0.29) is 11.3 Å². The van der Waals surface area contributed by atoms with Crippen molar-refractivity contribution in [2.75, 3.05) is 19.8 Å². The molecule has 2 rings (SSSR count). The summed E-state index contributed by atoms with van der Waals surface area (Å²) in [6, 6.07) is 12.1. The van der Waals surface area contributed by atoms with Gasteiger partial charge in [-0.15, -0.1) is 11.3 Å². The van der Waals surface area contributed by atoms with Crippen LogP contribution in [0.5, 0.6) is 0 Å². The summed E-state index contributed by atoms with van der Waals surface area (Å²) in [5, 5.41) is 0. The molecule has 1 amide bonds. The van der Waals surface area contributed by atoms with Crippen LogP contribution in [0.25, 0.3) is 0 Å². The van der Waals surface area contributed by atoms with Crippen LogP contribution in [0.3, 0.4) is 0 Å². The fourth-order valence-corrected chi connectivity index (χ4v) is 4.11. The minimum atomic E-state index is -3.18. The lowest BCUT2D eigenvalue weighted by Gasteiger charge is -2.20. The second-order valence-electron chi connectivity index (χ2n) is 7.79. The predicted octanol–water partition coefficient (Wildman–Crippen LogP) is 3.41. The van der Waals surface area contributed by atoms with Gasteiger partial charge in [-0.2, -0.15) is 0 Å². The number of hydrogen-bond acceptors (Lipinski definition) is 4. The van der Waals surface area contributed by atoms with Crippen LogP contribution in [0, 0.1) is 0 Å². The number of benzene rings is 1. The molecule has 0 bridgehead atoms. The maximum atomic E-state index is 12.6. The molecule has 0 saturated heterocycles. The highest BCUT2D eigenvalue weighted by atomic mass is 32.2. The molecule has 0 aliphatic carbocycles. The standard InChI is InChI=1S/C20H28N2O3S2/c1-20(2,3)16-8-6-15(7-9-16)14-22(4)19(23)18-11-10-17(26-18)12-13-21-27(5,24)25/h6-11,21H,12-14H2,1-5H3. The number of sulfonamides is 1. The average Bonchev–Trinajstić information content (AvgIpc) is 3.01. The zero-order valence-electron chi connectivity index (χ0n) is 16.6. The highest BCUT2D eigenvalue weighted by molar-refractivity contribution is 7.88. The second-order valence-corrected chi connectivity index (χ2v) is 10.8. The third kappa shape index (κ3) is 6.75. The van der Waals surface area contributed by atoms with Crippen LogP contribution < -0.4 is 4.72 Å². The van der Waals surface area contributed by atoms with Crippen molar-refractivity contribution in [1.82, 2.24) is 9.62 Å². The number of carbonyl (C=O) groups excluding carboxylic acids is 1. The molecule has 2 aromatic rings. The van der Waals surface area contributed by atoms with Gasteiger partial charge in [0.2, 0.25) is 10.0 Å². The maximum Gasteiger partial charge on any atom is 0.263 e. The molecule has 5 nitrogen and oxygen atoms in total. The van der Waals surface area contributed by atoms with E-state index in [2.05, 4.69) is 49.8 Å². The zero-order chi connectivity index (χ0) is 20.2. The number of carbonyl (C=O) groups is 1. The molecule has 1 heterocycles. The fraction of sp³-hybridized carbons (Fsp3) is 0.450. The third-order valence-corrected chi connectivity index (χ3v) is 6.06. The molecule has 0 aliphatic heterocycles. The second kappa shape index (κ2) is 8.54. The van der Waals surface area contributed by atoms with Crippen molar-refractivity contribution in [3.05, 3.63) is 57.3 Å². The van der Waals surface area contributed by atoms with E-state index in [1.807, 2.05) is 12.1 Å². The van der Waals surface area contributed by atoms with E-state index < -0.39 is 10.0 Å². The Kier molecular flexibility index (Phi) is 6.83. The molecule has 1 N–H and O–H groups in total. The molecule has 0 saturated carbocycles. The van der Waals surface area contributed by atoms with Crippen LogP contribution >= 0.6 is 11.3 Å². The first-order valence-corrected chi connectivity index (χ1v) is 11.5. The van der Waals surface area contributed by atoms with E-state index in [9.17, 15) is 13.2 Å². The molecule has 27 heavy (non-hydrogen) atoms. The van der Waals surface area contributed by atoms with Gasteiger partial charge in [0.1, 0.15) is 0 Å². The molecule has 0 fully saturated rings. The van der Waals surface area contributed by atoms with E-state index in [1.165, 1.54) is 16.9 Å². The molecular formula is C20H28N2O3S2. The van der Waals surface area contributed by atoms with Gasteiger partial charge in [0.05, 0.1) is 11.1 Å². The summed E-state index contributed by atoms with van der Waals surface area (Å²) in [7, 11) is -1.39. The Labute approximate surface area is 166 Å². The molecule has 1 aromatic heterocycles. The normalized spacial score (nSPS) is 12.2. The molecule has 7 heteroatoms. The van der Waals surface area contributed by atoms with Crippen molar-refractivity contribution < 1.29 is 13.2 Å². The van der Waals surface area contributed by atoms with E-state index in [0.29, 0.717) is 24.4 Å². The Morgan fingerprint density at radius 1 is 1.11 bits per heavy atom. The SMILES string of the molecule is CN(Cc1ccc(C(C)(C)C)cc1)C(=O)c1ccc(CCNS(C)(=O)=O)s1. The van der Waals surface area contributed by atoms with Crippen molar-refractivity contribution in [3.8, 4) is 0 Å². The van der Waals surface area contributed by atoms with Crippen LogP contribution in [0.15, 0.2) is 36.4 Å². The predicted molar refractivity (Wildman–Crippen MR) is 112 cm³/mol. The summed E-state index contributed by atoms with van der Waals surface area (Å²) < 4.78 is 24.7. The van der Waals surface area contributed by atoms with E-state index in [1.54, 1.807) is 11.9 Å². The Balaban J connectivity index is 1.95. The van der Waals surface area contributed by atoms with Crippen LogP contribution in [0.2, 0.25) is 0 Å². The average molecular weight is 409 g/mol. The highest BCUT2D eigenvalue weighted by Crippen LogP contribution is 2.23. The number of nitrogens with zero attached hydrogens (tertiary/aromatic N) is 1. The minimum absolute atomic E-state index is 0.0257. The smallest absolute Gasteiger partial charge is 0.263 e. The Morgan fingerprint density at radius 3 is 2.30 bits per heavy atom. The number of thiophene rings is 1. The fourth-order valence-electron chi connectivity index (χ4n) is 2.63. The van der Waals surface area contributed by atoms with Crippen molar-refractivity contribution in [3.63, 3.8) is 0 Å². The Hall–Kier alpha value is -1.70. The highest BCUT2D eigenvalue weighted by Gasteiger charge is 2.16. The van der Waals surface area contributed by atoms with Gasteiger partial charge in [-0.1, -0.05) is 45.0 Å². The van der Waals surface area contributed by atoms with E-state index in [4.69, 9.17) is 0 Å². The summed E-state index contributed by atoms with van der Waals surface area (Å²) in [6.07, 6.45) is 1.71. The van der Waals surface area contributed by atoms with E-state index in [0.717, 1.165) is 16.7 Å². The van der Waals surface area contributed by atoms with Gasteiger partial charge >= 0.3 is 0 Å². The molecule has 0 spiro atoms.